The molecule has 18 heavy (non-hydrogen) atoms. The fourth-order valence-corrected chi connectivity index (χ4v) is 2.03. The summed E-state index contributed by atoms with van der Waals surface area (Å²) in [5.41, 5.74) is 1.40. The molecule has 2 rings (SSSR count). The van der Waals surface area contributed by atoms with Crippen molar-refractivity contribution in [3.8, 4) is 0 Å². The number of halogens is 1. The normalized spacial score (nSPS) is 10.6. The first kappa shape index (κ1) is 12.8. The summed E-state index contributed by atoms with van der Waals surface area (Å²) in [7, 11) is 0. The van der Waals surface area contributed by atoms with Crippen LogP contribution in [0.4, 0.5) is 0 Å². The van der Waals surface area contributed by atoms with Gasteiger partial charge in [0, 0.05) is 24.9 Å². The van der Waals surface area contributed by atoms with Gasteiger partial charge in [-0.1, -0.05) is 17.7 Å². The van der Waals surface area contributed by atoms with E-state index in [-0.39, 0.29) is 5.78 Å². The van der Waals surface area contributed by atoms with E-state index >= 15 is 0 Å². The van der Waals surface area contributed by atoms with Gasteiger partial charge in [-0.3, -0.25) is 14.5 Å². The second-order valence-electron chi connectivity index (χ2n) is 3.90. The van der Waals surface area contributed by atoms with Gasteiger partial charge in [0.25, 0.3) is 0 Å². The molecule has 0 N–H and O–H groups in total. The third kappa shape index (κ3) is 2.76. The molecule has 2 aromatic heterocycles. The van der Waals surface area contributed by atoms with Gasteiger partial charge < -0.3 is 0 Å². The quantitative estimate of drug-likeness (QED) is 0.780. The molecular weight excluding hydrogens is 250 g/mol. The molecule has 0 spiro atoms. The van der Waals surface area contributed by atoms with Crippen LogP contribution < -0.4 is 0 Å². The van der Waals surface area contributed by atoms with E-state index in [0.717, 1.165) is 5.69 Å². The number of carbonyl (C=O) groups is 1. The molecule has 0 aliphatic rings. The maximum atomic E-state index is 12.1. The zero-order valence-corrected chi connectivity index (χ0v) is 10.9. The number of nitrogens with zero attached hydrogens (tertiary/aromatic N) is 3. The maximum absolute atomic E-state index is 12.1. The van der Waals surface area contributed by atoms with Crippen molar-refractivity contribution >= 4 is 17.4 Å². The molecule has 0 aliphatic carbocycles. The number of carbonyl (C=O) groups excluding carboxylic acids is 1. The zero-order valence-electron chi connectivity index (χ0n) is 10.1. The van der Waals surface area contributed by atoms with Crippen molar-refractivity contribution < 1.29 is 4.79 Å². The SMILES string of the molecule is CCn1ncc(Cl)c1C(=O)CCc1ccccn1. The fraction of sp³-hybridized carbons (Fsp3) is 0.308. The minimum atomic E-state index is 0.00463. The third-order valence-corrected chi connectivity index (χ3v) is 2.97. The predicted octanol–water partition coefficient (Wildman–Crippen LogP) is 2.77. The predicted molar refractivity (Wildman–Crippen MR) is 69.8 cm³/mol. The standard InChI is InChI=1S/C13H14ClN3O/c1-2-17-13(11(14)9-16-17)12(18)7-6-10-5-3-4-8-15-10/h3-5,8-9H,2,6-7H2,1H3. The van der Waals surface area contributed by atoms with Crippen LogP contribution in [-0.4, -0.2) is 20.5 Å². The summed E-state index contributed by atoms with van der Waals surface area (Å²) in [5, 5.41) is 4.48. The van der Waals surface area contributed by atoms with E-state index in [9.17, 15) is 4.79 Å². The molecule has 4 nitrogen and oxygen atoms in total. The van der Waals surface area contributed by atoms with Gasteiger partial charge in [0.05, 0.1) is 11.2 Å². The summed E-state index contributed by atoms with van der Waals surface area (Å²) in [5.74, 6) is 0.00463. The molecule has 94 valence electrons. The molecule has 0 unspecified atom stereocenters. The van der Waals surface area contributed by atoms with E-state index in [2.05, 4.69) is 10.1 Å². The minimum absolute atomic E-state index is 0.00463. The van der Waals surface area contributed by atoms with Gasteiger partial charge in [0.15, 0.2) is 5.78 Å². The highest BCUT2D eigenvalue weighted by Gasteiger charge is 2.16. The number of hydrogen-bond acceptors (Lipinski definition) is 3. The van der Waals surface area contributed by atoms with E-state index in [1.54, 1.807) is 10.9 Å². The molecule has 0 atom stereocenters. The van der Waals surface area contributed by atoms with E-state index in [1.165, 1.54) is 6.20 Å². The Hall–Kier alpha value is -1.68. The second-order valence-corrected chi connectivity index (χ2v) is 4.31. The average Bonchev–Trinajstić information content (AvgIpc) is 2.78. The molecule has 0 aromatic carbocycles. The smallest absolute Gasteiger partial charge is 0.182 e. The molecule has 0 saturated carbocycles. The highest BCUT2D eigenvalue weighted by Crippen LogP contribution is 2.17. The van der Waals surface area contributed by atoms with E-state index in [0.29, 0.717) is 30.1 Å². The Balaban J connectivity index is 2.06. The largest absolute Gasteiger partial charge is 0.292 e. The van der Waals surface area contributed by atoms with Crippen molar-refractivity contribution in [1.82, 2.24) is 14.8 Å². The Kier molecular flexibility index (Phi) is 4.10. The lowest BCUT2D eigenvalue weighted by Gasteiger charge is -2.04. The fourth-order valence-electron chi connectivity index (χ4n) is 1.79. The Morgan fingerprint density at radius 3 is 2.94 bits per heavy atom. The van der Waals surface area contributed by atoms with Crippen molar-refractivity contribution in [3.63, 3.8) is 0 Å². The molecule has 0 bridgehead atoms. The van der Waals surface area contributed by atoms with Crippen molar-refractivity contribution in [2.75, 3.05) is 0 Å². The lowest BCUT2D eigenvalue weighted by Crippen LogP contribution is -2.11. The first-order valence-electron chi connectivity index (χ1n) is 5.86. The summed E-state index contributed by atoms with van der Waals surface area (Å²) in [6.07, 6.45) is 4.25. The van der Waals surface area contributed by atoms with Crippen LogP contribution in [0.3, 0.4) is 0 Å². The van der Waals surface area contributed by atoms with E-state index in [1.807, 2.05) is 25.1 Å². The summed E-state index contributed by atoms with van der Waals surface area (Å²) >= 11 is 5.98. The number of aryl methyl sites for hydroxylation is 2. The number of hydrogen-bond donors (Lipinski definition) is 0. The Bertz CT molecular complexity index is 536. The van der Waals surface area contributed by atoms with Gasteiger partial charge in [0.1, 0.15) is 5.69 Å². The van der Waals surface area contributed by atoms with Crippen LogP contribution in [0.5, 0.6) is 0 Å². The highest BCUT2D eigenvalue weighted by molar-refractivity contribution is 6.33. The summed E-state index contributed by atoms with van der Waals surface area (Å²) in [4.78, 5) is 16.3. The Morgan fingerprint density at radius 2 is 2.28 bits per heavy atom. The van der Waals surface area contributed by atoms with E-state index < -0.39 is 0 Å². The zero-order chi connectivity index (χ0) is 13.0. The number of ketones is 1. The topological polar surface area (TPSA) is 47.8 Å². The van der Waals surface area contributed by atoms with Crippen LogP contribution in [0.2, 0.25) is 5.02 Å². The molecule has 0 amide bonds. The highest BCUT2D eigenvalue weighted by atomic mass is 35.5. The van der Waals surface area contributed by atoms with Crippen molar-refractivity contribution in [2.45, 2.75) is 26.3 Å². The third-order valence-electron chi connectivity index (χ3n) is 2.69. The van der Waals surface area contributed by atoms with Crippen LogP contribution in [0.15, 0.2) is 30.6 Å². The molecule has 0 radical (unpaired) electrons. The molecule has 2 heterocycles. The van der Waals surface area contributed by atoms with Crippen LogP contribution in [0, 0.1) is 0 Å². The molecule has 2 aromatic rings. The Labute approximate surface area is 111 Å². The number of aromatic nitrogens is 3. The summed E-state index contributed by atoms with van der Waals surface area (Å²) in [6, 6.07) is 5.68. The molecule has 0 aliphatic heterocycles. The van der Waals surface area contributed by atoms with Gasteiger partial charge in [-0.2, -0.15) is 5.10 Å². The number of rotatable bonds is 5. The van der Waals surface area contributed by atoms with Gasteiger partial charge in [-0.25, -0.2) is 0 Å². The second kappa shape index (κ2) is 5.78. The molecule has 0 saturated heterocycles. The van der Waals surface area contributed by atoms with Crippen LogP contribution in [0.25, 0.3) is 0 Å². The van der Waals surface area contributed by atoms with Crippen molar-refractivity contribution in [3.05, 3.63) is 47.0 Å². The first-order chi connectivity index (χ1) is 8.72. The first-order valence-corrected chi connectivity index (χ1v) is 6.24. The van der Waals surface area contributed by atoms with Gasteiger partial charge in [-0.05, 0) is 25.5 Å². The molecule has 5 heteroatoms. The summed E-state index contributed by atoms with van der Waals surface area (Å²) < 4.78 is 1.63. The number of Topliss-reactive ketones (excluding diaryl/α,β-unsaturated/α-hetero) is 1. The van der Waals surface area contributed by atoms with Crippen LogP contribution >= 0.6 is 11.6 Å². The summed E-state index contributed by atoms with van der Waals surface area (Å²) in [6.45, 7) is 2.57. The van der Waals surface area contributed by atoms with Gasteiger partial charge >= 0.3 is 0 Å². The maximum Gasteiger partial charge on any atom is 0.182 e. The minimum Gasteiger partial charge on any atom is -0.292 e. The molecule has 0 fully saturated rings. The average molecular weight is 264 g/mol. The lowest BCUT2D eigenvalue weighted by molar-refractivity contribution is 0.0972. The molecular formula is C13H14ClN3O. The van der Waals surface area contributed by atoms with Crippen molar-refractivity contribution in [2.24, 2.45) is 0 Å². The number of pyridine rings is 1. The van der Waals surface area contributed by atoms with Crippen molar-refractivity contribution in [1.29, 1.82) is 0 Å². The van der Waals surface area contributed by atoms with Gasteiger partial charge in [0.2, 0.25) is 0 Å². The van der Waals surface area contributed by atoms with Crippen LogP contribution in [0.1, 0.15) is 29.5 Å². The monoisotopic (exact) mass is 263 g/mol. The van der Waals surface area contributed by atoms with Gasteiger partial charge in [-0.15, -0.1) is 0 Å². The van der Waals surface area contributed by atoms with Crippen LogP contribution in [-0.2, 0) is 13.0 Å². The Morgan fingerprint density at radius 1 is 1.44 bits per heavy atom. The van der Waals surface area contributed by atoms with E-state index in [4.69, 9.17) is 11.6 Å². The lowest BCUT2D eigenvalue weighted by atomic mass is 10.1.